The summed E-state index contributed by atoms with van der Waals surface area (Å²) < 4.78 is 45.6. The summed E-state index contributed by atoms with van der Waals surface area (Å²) in [6, 6.07) is 7.45. The number of pyridine rings is 1. The van der Waals surface area contributed by atoms with E-state index in [4.69, 9.17) is 4.74 Å². The zero-order valence-corrected chi connectivity index (χ0v) is 18.0. The lowest BCUT2D eigenvalue weighted by Gasteiger charge is -2.30. The number of nitriles is 1. The summed E-state index contributed by atoms with van der Waals surface area (Å²) in [5.41, 5.74) is -2.71. The van der Waals surface area contributed by atoms with Gasteiger partial charge in [0.25, 0.3) is 11.5 Å². The molecule has 1 atom stereocenters. The first-order valence-corrected chi connectivity index (χ1v) is 9.66. The number of hydrogen-bond acceptors (Lipinski definition) is 7. The Morgan fingerprint density at radius 2 is 1.89 bits per heavy atom. The molecule has 0 bridgehead atoms. The third kappa shape index (κ3) is 4.22. The van der Waals surface area contributed by atoms with Gasteiger partial charge in [-0.15, -0.1) is 0 Å². The molecule has 0 fully saturated rings. The quantitative estimate of drug-likeness (QED) is 0.494. The number of amides is 1. The van der Waals surface area contributed by atoms with Gasteiger partial charge in [0.05, 0.1) is 46.7 Å². The number of carbonyl (C=O) groups excluding carboxylic acids is 2. The Bertz CT molecular complexity index is 1440. The van der Waals surface area contributed by atoms with Crippen molar-refractivity contribution in [2.24, 2.45) is 0 Å². The Hall–Kier alpha value is -4.57. The first-order chi connectivity index (χ1) is 16.0. The maximum Gasteiger partial charge on any atom is 0.416 e. The van der Waals surface area contributed by atoms with Gasteiger partial charge in [0, 0.05) is 0 Å². The molecule has 2 heterocycles. The Morgan fingerprint density at radius 1 is 1.23 bits per heavy atom. The van der Waals surface area contributed by atoms with Crippen molar-refractivity contribution in [3.8, 4) is 17.6 Å². The highest BCUT2D eigenvalue weighted by Crippen LogP contribution is 2.40. The van der Waals surface area contributed by atoms with Crippen LogP contribution in [0, 0.1) is 11.3 Å². The highest BCUT2D eigenvalue weighted by Gasteiger charge is 2.34. The fourth-order valence-corrected chi connectivity index (χ4v) is 3.83. The van der Waals surface area contributed by atoms with Crippen LogP contribution in [0.1, 0.15) is 33.1 Å². The third-order valence-electron chi connectivity index (χ3n) is 5.36. The van der Waals surface area contributed by atoms with Crippen LogP contribution in [0.3, 0.4) is 0 Å². The SMILES string of the molecule is N#Cc1ccc2c3c1c(O)c(C(=O)NCC(=O)[O-])c(=O)n3C(c1ccc(C(F)(F)F)cc1)CO2.[NH4+]. The molecule has 1 aliphatic heterocycles. The van der Waals surface area contributed by atoms with Crippen LogP contribution in [0.5, 0.6) is 11.5 Å². The molecule has 6 N–H and O–H groups in total. The smallest absolute Gasteiger partial charge is 0.416 e. The number of nitrogens with one attached hydrogen (secondary N) is 1. The summed E-state index contributed by atoms with van der Waals surface area (Å²) in [6.07, 6.45) is -4.58. The van der Waals surface area contributed by atoms with Crippen LogP contribution in [0.15, 0.2) is 41.2 Å². The van der Waals surface area contributed by atoms with Crippen molar-refractivity contribution >= 4 is 22.8 Å². The number of rotatable bonds is 4. The minimum atomic E-state index is -4.58. The second-order valence-electron chi connectivity index (χ2n) is 7.35. The monoisotopic (exact) mass is 490 g/mol. The molecule has 4 rings (SSSR count). The van der Waals surface area contributed by atoms with Gasteiger partial charge in [-0.3, -0.25) is 14.2 Å². The highest BCUT2D eigenvalue weighted by molar-refractivity contribution is 6.05. The van der Waals surface area contributed by atoms with Gasteiger partial charge < -0.3 is 31.2 Å². The minimum Gasteiger partial charge on any atom is -0.548 e. The van der Waals surface area contributed by atoms with E-state index in [1.807, 2.05) is 11.4 Å². The number of aromatic nitrogens is 1. The summed E-state index contributed by atoms with van der Waals surface area (Å²) in [5, 5.41) is 32.7. The normalized spacial score (nSPS) is 14.4. The molecule has 3 aromatic rings. The van der Waals surface area contributed by atoms with Crippen LogP contribution in [0.2, 0.25) is 0 Å². The molecule has 1 amide bonds. The van der Waals surface area contributed by atoms with Crippen LogP contribution in [-0.4, -0.2) is 34.7 Å². The van der Waals surface area contributed by atoms with E-state index in [1.54, 1.807) is 0 Å². The van der Waals surface area contributed by atoms with Gasteiger partial charge >= 0.3 is 6.18 Å². The number of aromatic hydroxyl groups is 1. The second-order valence-corrected chi connectivity index (χ2v) is 7.35. The molecule has 182 valence electrons. The Labute approximate surface area is 194 Å². The number of ether oxygens (including phenoxy) is 1. The van der Waals surface area contributed by atoms with E-state index < -0.39 is 53.1 Å². The van der Waals surface area contributed by atoms with Gasteiger partial charge in [0.2, 0.25) is 0 Å². The molecule has 1 aliphatic rings. The second kappa shape index (κ2) is 8.99. The van der Waals surface area contributed by atoms with Gasteiger partial charge in [-0.25, -0.2) is 0 Å². The van der Waals surface area contributed by atoms with Crippen molar-refractivity contribution < 1.29 is 37.7 Å². The minimum absolute atomic E-state index is 0. The number of alkyl halides is 3. The third-order valence-corrected chi connectivity index (χ3v) is 5.36. The molecule has 0 saturated heterocycles. The van der Waals surface area contributed by atoms with Crippen molar-refractivity contribution in [3.05, 3.63) is 69.0 Å². The molecule has 0 spiro atoms. The molecule has 2 aromatic carbocycles. The summed E-state index contributed by atoms with van der Waals surface area (Å²) in [7, 11) is 0. The lowest BCUT2D eigenvalue weighted by molar-refractivity contribution is -0.303. The van der Waals surface area contributed by atoms with Crippen LogP contribution in [0.4, 0.5) is 13.2 Å². The molecular formula is C22H17F3N4O6. The van der Waals surface area contributed by atoms with Crippen LogP contribution in [-0.2, 0) is 11.0 Å². The summed E-state index contributed by atoms with van der Waals surface area (Å²) in [4.78, 5) is 36.7. The fraction of sp³-hybridized carbons (Fsp3) is 0.182. The van der Waals surface area contributed by atoms with Crippen molar-refractivity contribution in [2.45, 2.75) is 12.2 Å². The topological polar surface area (TPSA) is 181 Å². The zero-order valence-electron chi connectivity index (χ0n) is 18.0. The average Bonchev–Trinajstić information content (AvgIpc) is 2.80. The first-order valence-electron chi connectivity index (χ1n) is 9.66. The number of quaternary nitrogens is 1. The Morgan fingerprint density at radius 3 is 2.46 bits per heavy atom. The number of aliphatic carboxylic acids is 1. The molecule has 0 aliphatic carbocycles. The lowest BCUT2D eigenvalue weighted by Crippen LogP contribution is -2.42. The predicted octanol–water partition coefficient (Wildman–Crippen LogP) is 1.44. The molecule has 1 aromatic heterocycles. The maximum atomic E-state index is 13.4. The number of carboxylic acid groups (broad SMARTS) is 1. The van der Waals surface area contributed by atoms with Gasteiger partial charge in [-0.05, 0) is 29.8 Å². The number of halogens is 3. The average molecular weight is 490 g/mol. The number of nitrogens with zero attached hydrogens (tertiary/aromatic N) is 2. The van der Waals surface area contributed by atoms with Crippen molar-refractivity contribution in [3.63, 3.8) is 0 Å². The van der Waals surface area contributed by atoms with Gasteiger partial charge in [0.15, 0.2) is 0 Å². The predicted molar refractivity (Wildman–Crippen MR) is 113 cm³/mol. The molecule has 1 unspecified atom stereocenters. The van der Waals surface area contributed by atoms with Crippen LogP contribution in [0.25, 0.3) is 10.9 Å². The number of carboxylic acids is 1. The maximum absolute atomic E-state index is 13.4. The Kier molecular flexibility index (Phi) is 6.44. The largest absolute Gasteiger partial charge is 0.548 e. The lowest BCUT2D eigenvalue weighted by atomic mass is 9.98. The molecular weight excluding hydrogens is 473 g/mol. The van der Waals surface area contributed by atoms with Crippen molar-refractivity contribution in [1.82, 2.24) is 16.0 Å². The van der Waals surface area contributed by atoms with E-state index in [9.17, 15) is 43.0 Å². The van der Waals surface area contributed by atoms with E-state index in [0.29, 0.717) is 0 Å². The van der Waals surface area contributed by atoms with E-state index in [2.05, 4.69) is 0 Å². The molecule has 13 heteroatoms. The molecule has 0 radical (unpaired) electrons. The Balaban J connectivity index is 0.00000342. The number of hydrogen-bond donors (Lipinski definition) is 3. The van der Waals surface area contributed by atoms with Crippen LogP contribution < -0.4 is 26.9 Å². The van der Waals surface area contributed by atoms with Gasteiger partial charge in [-0.2, -0.15) is 18.4 Å². The molecule has 35 heavy (non-hydrogen) atoms. The van der Waals surface area contributed by atoms with Crippen molar-refractivity contribution in [1.29, 1.82) is 5.26 Å². The van der Waals surface area contributed by atoms with E-state index >= 15 is 0 Å². The zero-order chi connectivity index (χ0) is 24.8. The van der Waals surface area contributed by atoms with E-state index in [0.717, 1.165) is 28.8 Å². The number of benzene rings is 2. The number of carbonyl (C=O) groups is 2. The molecule has 0 saturated carbocycles. The fourth-order valence-electron chi connectivity index (χ4n) is 3.83. The summed E-state index contributed by atoms with van der Waals surface area (Å²) in [5.74, 6) is -3.64. The summed E-state index contributed by atoms with van der Waals surface area (Å²) >= 11 is 0. The highest BCUT2D eigenvalue weighted by atomic mass is 19.4. The van der Waals surface area contributed by atoms with Gasteiger partial charge in [0.1, 0.15) is 23.7 Å². The van der Waals surface area contributed by atoms with E-state index in [-0.39, 0.29) is 40.5 Å². The van der Waals surface area contributed by atoms with Gasteiger partial charge in [-0.1, -0.05) is 12.1 Å². The van der Waals surface area contributed by atoms with E-state index in [1.165, 1.54) is 12.1 Å². The first kappa shape index (κ1) is 25.1. The van der Waals surface area contributed by atoms with Crippen molar-refractivity contribution in [2.75, 3.05) is 13.2 Å². The standard InChI is InChI=1S/C22H14F3N3O6.H3N/c23-22(24,25)12-4-1-10(2-5-12)13-9-34-14-6-3-11(7-26)16-18(14)28(13)21(33)17(19(16)31)20(32)27-8-15(29)30;/h1-6,13,31H,8-9H2,(H,27,32)(H,29,30);1H3. The van der Waals surface area contributed by atoms with Crippen LogP contribution >= 0.6 is 0 Å². The molecule has 10 nitrogen and oxygen atoms in total. The summed E-state index contributed by atoms with van der Waals surface area (Å²) in [6.45, 7) is -1.16.